The van der Waals surface area contributed by atoms with Crippen LogP contribution < -0.4 is 5.32 Å². The molecule has 0 spiro atoms. The van der Waals surface area contributed by atoms with E-state index in [0.29, 0.717) is 17.6 Å². The Morgan fingerprint density at radius 1 is 1.22 bits per heavy atom. The standard InChI is InChI=1S/C17H18N4O2/c1-21(2)15(16-4-3-9-23-16)11-20-17(22)12-5-6-13-14(10-12)19-8-7-18-13/h3-10,15H,11H2,1-2H3,(H,20,22)/t15-/m0/s1. The van der Waals surface area contributed by atoms with E-state index in [0.717, 1.165) is 11.3 Å². The van der Waals surface area contributed by atoms with E-state index < -0.39 is 0 Å². The Labute approximate surface area is 134 Å². The molecular weight excluding hydrogens is 292 g/mol. The van der Waals surface area contributed by atoms with E-state index in [2.05, 4.69) is 15.3 Å². The van der Waals surface area contributed by atoms with Gasteiger partial charge in [-0.2, -0.15) is 0 Å². The summed E-state index contributed by atoms with van der Waals surface area (Å²) in [5, 5.41) is 2.94. The summed E-state index contributed by atoms with van der Waals surface area (Å²) in [6, 6.07) is 9.03. The minimum absolute atomic E-state index is 0.0193. The predicted octanol–water partition coefficient (Wildman–Crippen LogP) is 2.26. The average Bonchev–Trinajstić information content (AvgIpc) is 3.08. The van der Waals surface area contributed by atoms with Crippen molar-refractivity contribution in [3.05, 3.63) is 60.3 Å². The number of nitrogens with zero attached hydrogens (tertiary/aromatic N) is 3. The lowest BCUT2D eigenvalue weighted by molar-refractivity contribution is 0.0939. The van der Waals surface area contributed by atoms with E-state index in [4.69, 9.17) is 4.42 Å². The van der Waals surface area contributed by atoms with Gasteiger partial charge >= 0.3 is 0 Å². The maximum absolute atomic E-state index is 12.4. The van der Waals surface area contributed by atoms with Crippen LogP contribution >= 0.6 is 0 Å². The highest BCUT2D eigenvalue weighted by atomic mass is 16.3. The monoisotopic (exact) mass is 310 g/mol. The number of aromatic nitrogens is 2. The number of amides is 1. The van der Waals surface area contributed by atoms with Crippen molar-refractivity contribution in [3.8, 4) is 0 Å². The molecule has 1 amide bonds. The predicted molar refractivity (Wildman–Crippen MR) is 87.0 cm³/mol. The maximum Gasteiger partial charge on any atom is 0.251 e. The van der Waals surface area contributed by atoms with Gasteiger partial charge in [0.05, 0.1) is 23.3 Å². The fourth-order valence-corrected chi connectivity index (χ4v) is 2.41. The Morgan fingerprint density at radius 2 is 2.00 bits per heavy atom. The van der Waals surface area contributed by atoms with Crippen LogP contribution in [0.5, 0.6) is 0 Å². The highest BCUT2D eigenvalue weighted by Gasteiger charge is 2.18. The summed E-state index contributed by atoms with van der Waals surface area (Å²) in [6.07, 6.45) is 4.88. The number of hydrogen-bond acceptors (Lipinski definition) is 5. The van der Waals surface area contributed by atoms with Crippen LogP contribution in [-0.4, -0.2) is 41.4 Å². The second-order valence-corrected chi connectivity index (χ2v) is 5.46. The van der Waals surface area contributed by atoms with E-state index in [1.807, 2.05) is 31.1 Å². The van der Waals surface area contributed by atoms with Crippen molar-refractivity contribution in [3.63, 3.8) is 0 Å². The highest BCUT2D eigenvalue weighted by molar-refractivity contribution is 5.97. The topological polar surface area (TPSA) is 71.3 Å². The van der Waals surface area contributed by atoms with E-state index in [9.17, 15) is 4.79 Å². The smallest absolute Gasteiger partial charge is 0.251 e. The third kappa shape index (κ3) is 3.37. The lowest BCUT2D eigenvalue weighted by Crippen LogP contribution is -2.34. The molecule has 2 aromatic heterocycles. The second kappa shape index (κ2) is 6.58. The summed E-state index contributed by atoms with van der Waals surface area (Å²) in [4.78, 5) is 22.8. The number of fused-ring (bicyclic) bond motifs is 1. The normalized spacial score (nSPS) is 12.5. The molecular formula is C17H18N4O2. The van der Waals surface area contributed by atoms with Crippen molar-refractivity contribution in [1.29, 1.82) is 0 Å². The number of carbonyl (C=O) groups is 1. The first-order chi connectivity index (χ1) is 11.1. The molecule has 0 radical (unpaired) electrons. The molecule has 6 nitrogen and oxygen atoms in total. The molecule has 0 saturated carbocycles. The molecule has 1 aromatic carbocycles. The summed E-state index contributed by atoms with van der Waals surface area (Å²) >= 11 is 0. The van der Waals surface area contributed by atoms with E-state index in [-0.39, 0.29) is 11.9 Å². The quantitative estimate of drug-likeness (QED) is 0.782. The van der Waals surface area contributed by atoms with Gasteiger partial charge in [0.2, 0.25) is 0 Å². The van der Waals surface area contributed by atoms with Crippen molar-refractivity contribution in [2.75, 3.05) is 20.6 Å². The van der Waals surface area contributed by atoms with Crippen LogP contribution in [0.25, 0.3) is 11.0 Å². The largest absolute Gasteiger partial charge is 0.468 e. The third-order valence-corrected chi connectivity index (χ3v) is 3.68. The van der Waals surface area contributed by atoms with Crippen molar-refractivity contribution in [1.82, 2.24) is 20.2 Å². The molecule has 118 valence electrons. The lowest BCUT2D eigenvalue weighted by atomic mass is 10.1. The average molecular weight is 310 g/mol. The molecule has 0 bridgehead atoms. The van der Waals surface area contributed by atoms with Gasteiger partial charge in [0.1, 0.15) is 5.76 Å². The van der Waals surface area contributed by atoms with Crippen LogP contribution in [-0.2, 0) is 0 Å². The first-order valence-corrected chi connectivity index (χ1v) is 7.34. The fraction of sp³-hybridized carbons (Fsp3) is 0.235. The highest BCUT2D eigenvalue weighted by Crippen LogP contribution is 2.18. The van der Waals surface area contributed by atoms with Crippen LogP contribution in [0.4, 0.5) is 0 Å². The van der Waals surface area contributed by atoms with Crippen LogP contribution in [0.15, 0.2) is 53.4 Å². The Hall–Kier alpha value is -2.73. The zero-order valence-electron chi connectivity index (χ0n) is 13.1. The lowest BCUT2D eigenvalue weighted by Gasteiger charge is -2.22. The second-order valence-electron chi connectivity index (χ2n) is 5.46. The van der Waals surface area contributed by atoms with E-state index in [1.165, 1.54) is 0 Å². The molecule has 0 aliphatic heterocycles. The number of nitrogens with one attached hydrogen (secondary N) is 1. The molecule has 0 aliphatic rings. The van der Waals surface area contributed by atoms with Crippen molar-refractivity contribution >= 4 is 16.9 Å². The zero-order chi connectivity index (χ0) is 16.2. The molecule has 1 atom stereocenters. The number of benzene rings is 1. The van der Waals surface area contributed by atoms with Gasteiger partial charge in [0, 0.05) is 24.5 Å². The van der Waals surface area contributed by atoms with Gasteiger partial charge in [-0.15, -0.1) is 0 Å². The van der Waals surface area contributed by atoms with Gasteiger partial charge in [-0.05, 0) is 44.4 Å². The molecule has 0 unspecified atom stereocenters. The summed E-state index contributed by atoms with van der Waals surface area (Å²) in [5.74, 6) is 0.677. The molecule has 1 N–H and O–H groups in total. The molecule has 2 heterocycles. The molecule has 0 aliphatic carbocycles. The number of hydrogen-bond donors (Lipinski definition) is 1. The number of furan rings is 1. The first-order valence-electron chi connectivity index (χ1n) is 7.34. The van der Waals surface area contributed by atoms with Gasteiger partial charge in [-0.25, -0.2) is 0 Å². The Bertz CT molecular complexity index is 799. The molecule has 0 fully saturated rings. The number of rotatable bonds is 5. The molecule has 0 saturated heterocycles. The molecule has 3 rings (SSSR count). The maximum atomic E-state index is 12.4. The van der Waals surface area contributed by atoms with Gasteiger partial charge in [0.15, 0.2) is 0 Å². The van der Waals surface area contributed by atoms with E-state index in [1.54, 1.807) is 36.9 Å². The zero-order valence-corrected chi connectivity index (χ0v) is 13.1. The Balaban J connectivity index is 1.72. The van der Waals surface area contributed by atoms with Crippen molar-refractivity contribution in [2.24, 2.45) is 0 Å². The van der Waals surface area contributed by atoms with E-state index >= 15 is 0 Å². The number of likely N-dealkylation sites (N-methyl/N-ethyl adjacent to an activating group) is 1. The summed E-state index contributed by atoms with van der Waals surface area (Å²) in [5.41, 5.74) is 2.04. The van der Waals surface area contributed by atoms with Crippen LogP contribution in [0.2, 0.25) is 0 Å². The molecule has 3 aromatic rings. The fourth-order valence-electron chi connectivity index (χ4n) is 2.41. The van der Waals surface area contributed by atoms with Gasteiger partial charge in [-0.3, -0.25) is 19.7 Å². The van der Waals surface area contributed by atoms with Crippen molar-refractivity contribution in [2.45, 2.75) is 6.04 Å². The Morgan fingerprint density at radius 3 is 2.70 bits per heavy atom. The van der Waals surface area contributed by atoms with Crippen LogP contribution in [0.1, 0.15) is 22.2 Å². The SMILES string of the molecule is CN(C)[C@@H](CNC(=O)c1ccc2nccnc2c1)c1ccco1. The minimum atomic E-state index is -0.143. The van der Waals surface area contributed by atoms with Crippen molar-refractivity contribution < 1.29 is 9.21 Å². The number of carbonyl (C=O) groups excluding carboxylic acids is 1. The summed E-state index contributed by atoms with van der Waals surface area (Å²) in [6.45, 7) is 0.456. The summed E-state index contributed by atoms with van der Waals surface area (Å²) in [7, 11) is 3.90. The van der Waals surface area contributed by atoms with Gasteiger partial charge < -0.3 is 9.73 Å². The van der Waals surface area contributed by atoms with Crippen LogP contribution in [0.3, 0.4) is 0 Å². The van der Waals surface area contributed by atoms with Crippen LogP contribution in [0, 0.1) is 0 Å². The first kappa shape index (κ1) is 15.2. The third-order valence-electron chi connectivity index (χ3n) is 3.68. The molecule has 23 heavy (non-hydrogen) atoms. The van der Waals surface area contributed by atoms with Gasteiger partial charge in [0.25, 0.3) is 5.91 Å². The minimum Gasteiger partial charge on any atom is -0.468 e. The van der Waals surface area contributed by atoms with Gasteiger partial charge in [-0.1, -0.05) is 0 Å². The summed E-state index contributed by atoms with van der Waals surface area (Å²) < 4.78 is 5.44. The Kier molecular flexibility index (Phi) is 4.34. The molecule has 6 heteroatoms.